The average Bonchev–Trinajstić information content (AvgIpc) is 2.88. The lowest BCUT2D eigenvalue weighted by atomic mass is 10.1. The van der Waals surface area contributed by atoms with E-state index in [0.717, 1.165) is 11.1 Å². The summed E-state index contributed by atoms with van der Waals surface area (Å²) in [6.07, 6.45) is 1.74. The van der Waals surface area contributed by atoms with E-state index in [1.165, 1.54) is 4.90 Å². The molecule has 4 nitrogen and oxygen atoms in total. The van der Waals surface area contributed by atoms with Crippen LogP contribution in [0.2, 0.25) is 10.0 Å². The van der Waals surface area contributed by atoms with Crippen LogP contribution >= 0.6 is 35.4 Å². The molecule has 1 saturated heterocycles. The highest BCUT2D eigenvalue weighted by Gasteiger charge is 2.29. The van der Waals surface area contributed by atoms with E-state index < -0.39 is 0 Å². The Morgan fingerprint density at radius 1 is 1.23 bits per heavy atom. The van der Waals surface area contributed by atoms with Gasteiger partial charge in [0, 0.05) is 27.7 Å². The Morgan fingerprint density at radius 2 is 2.00 bits per heavy atom. The lowest BCUT2D eigenvalue weighted by Crippen LogP contribution is -2.30. The second-order valence-electron chi connectivity index (χ2n) is 5.60. The molecular formula is C19H16Cl2N2O2S. The van der Waals surface area contributed by atoms with Crippen molar-refractivity contribution in [1.82, 2.24) is 10.2 Å². The zero-order valence-corrected chi connectivity index (χ0v) is 16.3. The number of hydrogen-bond acceptors (Lipinski definition) is 3. The summed E-state index contributed by atoms with van der Waals surface area (Å²) in [5.74, 6) is 0.495. The van der Waals surface area contributed by atoms with Gasteiger partial charge in [-0.25, -0.2) is 0 Å². The van der Waals surface area contributed by atoms with Gasteiger partial charge in [0.15, 0.2) is 5.11 Å². The smallest absolute Gasteiger partial charge is 0.276 e. The number of amides is 1. The molecule has 2 aromatic carbocycles. The van der Waals surface area contributed by atoms with Crippen LogP contribution in [0.1, 0.15) is 18.1 Å². The number of benzene rings is 2. The van der Waals surface area contributed by atoms with Gasteiger partial charge in [0.1, 0.15) is 18.1 Å². The predicted molar refractivity (Wildman–Crippen MR) is 108 cm³/mol. The first-order chi connectivity index (χ1) is 12.5. The molecule has 0 aromatic heterocycles. The predicted octanol–water partition coefficient (Wildman–Crippen LogP) is 4.65. The topological polar surface area (TPSA) is 41.6 Å². The molecule has 0 unspecified atom stereocenters. The summed E-state index contributed by atoms with van der Waals surface area (Å²) in [5, 5.41) is 4.48. The molecule has 1 aliphatic rings. The van der Waals surface area contributed by atoms with E-state index in [0.29, 0.717) is 33.1 Å². The molecule has 3 rings (SSSR count). The molecule has 1 N–H and O–H groups in total. The minimum Gasteiger partial charge on any atom is -0.488 e. The average molecular weight is 407 g/mol. The largest absolute Gasteiger partial charge is 0.488 e. The van der Waals surface area contributed by atoms with Crippen LogP contribution in [-0.2, 0) is 11.4 Å². The fourth-order valence-electron chi connectivity index (χ4n) is 2.54. The first-order valence-corrected chi connectivity index (χ1v) is 9.16. The molecule has 1 aliphatic heterocycles. The summed E-state index contributed by atoms with van der Waals surface area (Å²) in [5.41, 5.74) is 2.03. The van der Waals surface area contributed by atoms with Crippen molar-refractivity contribution < 1.29 is 9.53 Å². The second kappa shape index (κ2) is 8.08. The molecule has 1 heterocycles. The van der Waals surface area contributed by atoms with E-state index in [9.17, 15) is 4.79 Å². The Kier molecular flexibility index (Phi) is 5.81. The third kappa shape index (κ3) is 4.01. The van der Waals surface area contributed by atoms with Gasteiger partial charge in [-0.05, 0) is 43.4 Å². The minimum atomic E-state index is -0.145. The van der Waals surface area contributed by atoms with E-state index in [-0.39, 0.29) is 12.5 Å². The maximum absolute atomic E-state index is 12.4. The molecular weight excluding hydrogens is 391 g/mol. The molecule has 134 valence electrons. The van der Waals surface area contributed by atoms with E-state index in [4.69, 9.17) is 40.2 Å². The number of halogens is 2. The molecule has 1 amide bonds. The Labute approximate surface area is 167 Å². The molecule has 0 spiro atoms. The summed E-state index contributed by atoms with van der Waals surface area (Å²) in [4.78, 5) is 13.9. The first-order valence-electron chi connectivity index (χ1n) is 8.00. The van der Waals surface area contributed by atoms with Crippen LogP contribution in [-0.4, -0.2) is 22.5 Å². The Hall–Kier alpha value is -2.08. The summed E-state index contributed by atoms with van der Waals surface area (Å²) >= 11 is 17.3. The number of nitrogens with one attached hydrogen (secondary N) is 1. The summed E-state index contributed by atoms with van der Waals surface area (Å²) in [6.45, 7) is 2.69. The van der Waals surface area contributed by atoms with Crippen LogP contribution in [0, 0.1) is 0 Å². The van der Waals surface area contributed by atoms with Crippen molar-refractivity contribution in [3.8, 4) is 5.75 Å². The lowest BCUT2D eigenvalue weighted by molar-refractivity contribution is -0.122. The van der Waals surface area contributed by atoms with E-state index in [2.05, 4.69) is 5.32 Å². The molecule has 1 fully saturated rings. The maximum atomic E-state index is 12.4. The number of carbonyl (C=O) groups excluding carboxylic acids is 1. The van der Waals surface area contributed by atoms with Gasteiger partial charge >= 0.3 is 0 Å². The second-order valence-corrected chi connectivity index (χ2v) is 6.83. The quantitative estimate of drug-likeness (QED) is 0.579. The highest BCUT2D eigenvalue weighted by molar-refractivity contribution is 7.80. The summed E-state index contributed by atoms with van der Waals surface area (Å²) in [6, 6.07) is 12.7. The highest BCUT2D eigenvalue weighted by atomic mass is 35.5. The fraction of sp³-hybridized carbons (Fsp3) is 0.158. The number of para-hydroxylation sites is 1. The zero-order chi connectivity index (χ0) is 18.7. The number of likely N-dealkylation sites (N-methyl/N-ethyl adjacent to an activating group) is 1. The number of nitrogens with zero attached hydrogens (tertiary/aromatic N) is 1. The van der Waals surface area contributed by atoms with Crippen molar-refractivity contribution >= 4 is 52.5 Å². The number of hydrogen-bond donors (Lipinski definition) is 1. The molecule has 0 radical (unpaired) electrons. The van der Waals surface area contributed by atoms with Crippen LogP contribution < -0.4 is 10.1 Å². The minimum absolute atomic E-state index is 0.145. The maximum Gasteiger partial charge on any atom is 0.276 e. The summed E-state index contributed by atoms with van der Waals surface area (Å²) < 4.78 is 5.91. The van der Waals surface area contributed by atoms with E-state index in [1.54, 1.807) is 18.2 Å². The number of ether oxygens (including phenoxy) is 1. The van der Waals surface area contributed by atoms with Gasteiger partial charge in [0.25, 0.3) is 5.91 Å². The number of thiocarbonyl (C=S) groups is 1. The molecule has 0 saturated carbocycles. The number of rotatable bonds is 5. The van der Waals surface area contributed by atoms with Crippen molar-refractivity contribution in [2.45, 2.75) is 13.5 Å². The zero-order valence-electron chi connectivity index (χ0n) is 14.0. The van der Waals surface area contributed by atoms with Gasteiger partial charge in [-0.1, -0.05) is 47.5 Å². The third-order valence-corrected chi connectivity index (χ3v) is 4.81. The summed E-state index contributed by atoms with van der Waals surface area (Å²) in [7, 11) is 0. The molecule has 0 aliphatic carbocycles. The molecule has 7 heteroatoms. The van der Waals surface area contributed by atoms with Crippen molar-refractivity contribution in [2.75, 3.05) is 6.54 Å². The van der Waals surface area contributed by atoms with Crippen LogP contribution in [0.25, 0.3) is 6.08 Å². The lowest BCUT2D eigenvalue weighted by Gasteiger charge is -2.11. The normalized spacial score (nSPS) is 15.5. The van der Waals surface area contributed by atoms with Gasteiger partial charge < -0.3 is 10.1 Å². The van der Waals surface area contributed by atoms with Gasteiger partial charge in [-0.3, -0.25) is 9.69 Å². The van der Waals surface area contributed by atoms with Crippen molar-refractivity contribution in [2.24, 2.45) is 0 Å². The fourth-order valence-corrected chi connectivity index (χ4v) is 3.32. The highest BCUT2D eigenvalue weighted by Crippen LogP contribution is 2.26. The Morgan fingerprint density at radius 3 is 2.69 bits per heavy atom. The van der Waals surface area contributed by atoms with Crippen molar-refractivity contribution in [1.29, 1.82) is 0 Å². The Balaban J connectivity index is 1.82. The standard InChI is InChI=1S/C19H16Cl2N2O2S/c1-2-23-18(24)16(22-19(23)26)9-12-5-3-4-6-17(12)25-11-13-7-8-14(20)10-15(13)21/h3-10H,2,11H2,1H3,(H,22,26). The van der Waals surface area contributed by atoms with Gasteiger partial charge in [0.05, 0.1) is 0 Å². The van der Waals surface area contributed by atoms with Gasteiger partial charge in [-0.15, -0.1) is 0 Å². The third-order valence-electron chi connectivity index (χ3n) is 3.90. The van der Waals surface area contributed by atoms with E-state index >= 15 is 0 Å². The molecule has 0 atom stereocenters. The number of carbonyl (C=O) groups is 1. The van der Waals surface area contributed by atoms with Gasteiger partial charge in [0.2, 0.25) is 0 Å². The SMILES string of the molecule is CCN1C(=O)C(=Cc2ccccc2OCc2ccc(Cl)cc2Cl)NC1=S. The van der Waals surface area contributed by atoms with Crippen molar-refractivity contribution in [3.63, 3.8) is 0 Å². The van der Waals surface area contributed by atoms with Crippen molar-refractivity contribution in [3.05, 3.63) is 69.3 Å². The first kappa shape index (κ1) is 18.7. The monoisotopic (exact) mass is 406 g/mol. The van der Waals surface area contributed by atoms with Crippen LogP contribution in [0.15, 0.2) is 48.2 Å². The van der Waals surface area contributed by atoms with Gasteiger partial charge in [-0.2, -0.15) is 0 Å². The van der Waals surface area contributed by atoms with E-state index in [1.807, 2.05) is 37.3 Å². The van der Waals surface area contributed by atoms with Crippen LogP contribution in [0.5, 0.6) is 5.75 Å². The van der Waals surface area contributed by atoms with Crippen LogP contribution in [0.3, 0.4) is 0 Å². The molecule has 26 heavy (non-hydrogen) atoms. The Bertz CT molecular complexity index is 899. The van der Waals surface area contributed by atoms with Crippen LogP contribution in [0.4, 0.5) is 0 Å². The molecule has 0 bridgehead atoms. The molecule has 2 aromatic rings.